The molecular formula is C21H25NO2. The third kappa shape index (κ3) is 3.30. The molecule has 1 saturated carbocycles. The van der Waals surface area contributed by atoms with Gasteiger partial charge in [0.15, 0.2) is 0 Å². The van der Waals surface area contributed by atoms with Gasteiger partial charge < -0.3 is 9.64 Å². The van der Waals surface area contributed by atoms with E-state index in [1.54, 1.807) is 7.11 Å². The molecule has 0 aliphatic heterocycles. The molecule has 0 radical (unpaired) electrons. The number of amides is 1. The van der Waals surface area contributed by atoms with Crippen LogP contribution in [0.5, 0.6) is 5.75 Å². The van der Waals surface area contributed by atoms with E-state index in [0.29, 0.717) is 5.92 Å². The van der Waals surface area contributed by atoms with Crippen LogP contribution in [0.25, 0.3) is 0 Å². The van der Waals surface area contributed by atoms with E-state index in [4.69, 9.17) is 4.74 Å². The molecule has 1 aliphatic rings. The van der Waals surface area contributed by atoms with Gasteiger partial charge in [-0.25, -0.2) is 0 Å². The van der Waals surface area contributed by atoms with Crippen molar-refractivity contribution in [3.63, 3.8) is 0 Å². The molecule has 0 saturated heterocycles. The Balaban J connectivity index is 1.96. The van der Waals surface area contributed by atoms with Crippen LogP contribution in [0.15, 0.2) is 42.5 Å². The van der Waals surface area contributed by atoms with E-state index in [0.717, 1.165) is 22.6 Å². The zero-order valence-electron chi connectivity index (χ0n) is 14.9. The minimum atomic E-state index is 0.0719. The second kappa shape index (κ2) is 6.68. The van der Waals surface area contributed by atoms with Gasteiger partial charge in [0.25, 0.3) is 5.91 Å². The molecule has 0 unspecified atom stereocenters. The quantitative estimate of drug-likeness (QED) is 0.794. The van der Waals surface area contributed by atoms with Gasteiger partial charge in [-0.1, -0.05) is 6.07 Å². The summed E-state index contributed by atoms with van der Waals surface area (Å²) in [6.07, 6.45) is 2.40. The number of methoxy groups -OCH3 is 1. The van der Waals surface area contributed by atoms with Crippen molar-refractivity contribution in [3.05, 3.63) is 59.2 Å². The molecule has 1 fully saturated rings. The summed E-state index contributed by atoms with van der Waals surface area (Å²) >= 11 is 0. The Kier molecular flexibility index (Phi) is 4.61. The number of carbonyl (C=O) groups is 1. The van der Waals surface area contributed by atoms with Gasteiger partial charge in [0.05, 0.1) is 7.11 Å². The molecule has 3 nitrogen and oxygen atoms in total. The number of nitrogens with zero attached hydrogens (tertiary/aromatic N) is 1. The zero-order chi connectivity index (χ0) is 17.3. The summed E-state index contributed by atoms with van der Waals surface area (Å²) in [4.78, 5) is 15.2. The zero-order valence-corrected chi connectivity index (χ0v) is 14.9. The average Bonchev–Trinajstić information content (AvgIpc) is 3.43. The number of hydrogen-bond donors (Lipinski definition) is 0. The predicted octanol–water partition coefficient (Wildman–Crippen LogP) is 4.76. The lowest BCUT2D eigenvalue weighted by Gasteiger charge is -2.30. The lowest BCUT2D eigenvalue weighted by molar-refractivity contribution is 0.0975. The minimum Gasteiger partial charge on any atom is -0.497 e. The lowest BCUT2D eigenvalue weighted by Crippen LogP contribution is -2.40. The highest BCUT2D eigenvalue weighted by Crippen LogP contribution is 2.38. The number of aryl methyl sites for hydroxylation is 2. The molecule has 126 valence electrons. The van der Waals surface area contributed by atoms with Gasteiger partial charge in [0.2, 0.25) is 0 Å². The molecule has 0 spiro atoms. The number of ether oxygens (including phenoxy) is 1. The lowest BCUT2D eigenvalue weighted by atomic mass is 10.0. The molecule has 0 bridgehead atoms. The summed E-state index contributed by atoms with van der Waals surface area (Å²) in [5, 5.41) is 0. The van der Waals surface area contributed by atoms with E-state index in [2.05, 4.69) is 13.8 Å². The number of carbonyl (C=O) groups excluding carboxylic acids is 1. The summed E-state index contributed by atoms with van der Waals surface area (Å²) in [5.41, 5.74) is 4.03. The van der Waals surface area contributed by atoms with Crippen molar-refractivity contribution in [2.45, 2.75) is 39.7 Å². The molecule has 1 aliphatic carbocycles. The van der Waals surface area contributed by atoms with Crippen LogP contribution in [-0.2, 0) is 0 Å². The maximum atomic E-state index is 13.2. The first-order chi connectivity index (χ1) is 11.5. The summed E-state index contributed by atoms with van der Waals surface area (Å²) in [6.45, 7) is 6.27. The van der Waals surface area contributed by atoms with Crippen LogP contribution in [-0.4, -0.2) is 19.1 Å². The van der Waals surface area contributed by atoms with E-state index in [-0.39, 0.29) is 11.9 Å². The van der Waals surface area contributed by atoms with Gasteiger partial charge in [-0.2, -0.15) is 0 Å². The molecule has 2 aromatic carbocycles. The Bertz CT molecular complexity index is 732. The smallest absolute Gasteiger partial charge is 0.258 e. The SMILES string of the molecule is COc1ccc(N(C(=O)c2ccc(C)c(C)c2)[C@@H](C)C2CC2)cc1. The van der Waals surface area contributed by atoms with Gasteiger partial charge in [0, 0.05) is 17.3 Å². The number of anilines is 1. The molecule has 3 heteroatoms. The molecule has 24 heavy (non-hydrogen) atoms. The van der Waals surface area contributed by atoms with Crippen molar-refractivity contribution < 1.29 is 9.53 Å². The van der Waals surface area contributed by atoms with Crippen LogP contribution in [0, 0.1) is 19.8 Å². The van der Waals surface area contributed by atoms with Crippen LogP contribution >= 0.6 is 0 Å². The summed E-state index contributed by atoms with van der Waals surface area (Å²) in [5.74, 6) is 1.47. The highest BCUT2D eigenvalue weighted by atomic mass is 16.5. The van der Waals surface area contributed by atoms with Crippen molar-refractivity contribution in [3.8, 4) is 5.75 Å². The van der Waals surface area contributed by atoms with Gasteiger partial charge >= 0.3 is 0 Å². The van der Waals surface area contributed by atoms with Gasteiger partial charge in [-0.3, -0.25) is 4.79 Å². The summed E-state index contributed by atoms with van der Waals surface area (Å²) in [7, 11) is 1.65. The number of rotatable bonds is 5. The Morgan fingerprint density at radius 3 is 2.29 bits per heavy atom. The van der Waals surface area contributed by atoms with Gasteiger partial charge in [-0.15, -0.1) is 0 Å². The third-order valence-electron chi connectivity index (χ3n) is 5.03. The van der Waals surface area contributed by atoms with Crippen LogP contribution in [0.3, 0.4) is 0 Å². The van der Waals surface area contributed by atoms with E-state index >= 15 is 0 Å². The van der Waals surface area contributed by atoms with E-state index in [1.165, 1.54) is 18.4 Å². The normalized spacial score (nSPS) is 15.0. The summed E-state index contributed by atoms with van der Waals surface area (Å²) in [6, 6.07) is 13.9. The summed E-state index contributed by atoms with van der Waals surface area (Å²) < 4.78 is 5.24. The molecule has 1 amide bonds. The highest BCUT2D eigenvalue weighted by Gasteiger charge is 2.35. The Morgan fingerprint density at radius 2 is 1.75 bits per heavy atom. The average molecular weight is 323 g/mol. The largest absolute Gasteiger partial charge is 0.497 e. The first kappa shape index (κ1) is 16.6. The Labute approximate surface area is 144 Å². The molecular weight excluding hydrogens is 298 g/mol. The fourth-order valence-electron chi connectivity index (χ4n) is 3.08. The second-order valence-electron chi connectivity index (χ2n) is 6.75. The first-order valence-electron chi connectivity index (χ1n) is 8.56. The minimum absolute atomic E-state index is 0.0719. The van der Waals surface area contributed by atoms with E-state index < -0.39 is 0 Å². The molecule has 1 atom stereocenters. The maximum Gasteiger partial charge on any atom is 0.258 e. The van der Waals surface area contributed by atoms with Crippen molar-refractivity contribution in [1.29, 1.82) is 0 Å². The van der Waals surface area contributed by atoms with E-state index in [1.807, 2.05) is 54.3 Å². The Morgan fingerprint density at radius 1 is 1.08 bits per heavy atom. The standard InChI is InChI=1S/C21H25NO2/c1-14-5-6-18(13-15(14)2)21(23)22(16(3)17-7-8-17)19-9-11-20(24-4)12-10-19/h5-6,9-13,16-17H,7-8H2,1-4H3/t16-/m0/s1. The van der Waals surface area contributed by atoms with Crippen molar-refractivity contribution in [2.24, 2.45) is 5.92 Å². The molecule has 0 heterocycles. The number of benzene rings is 2. The predicted molar refractivity (Wildman–Crippen MR) is 97.9 cm³/mol. The number of hydrogen-bond acceptors (Lipinski definition) is 2. The first-order valence-corrected chi connectivity index (χ1v) is 8.56. The van der Waals surface area contributed by atoms with Crippen LogP contribution in [0.1, 0.15) is 41.3 Å². The van der Waals surface area contributed by atoms with Crippen LogP contribution in [0.4, 0.5) is 5.69 Å². The monoisotopic (exact) mass is 323 g/mol. The van der Waals surface area contributed by atoms with Gasteiger partial charge in [-0.05, 0) is 87.1 Å². The third-order valence-corrected chi connectivity index (χ3v) is 5.03. The van der Waals surface area contributed by atoms with E-state index in [9.17, 15) is 4.79 Å². The maximum absolute atomic E-state index is 13.2. The topological polar surface area (TPSA) is 29.5 Å². The molecule has 0 aromatic heterocycles. The molecule has 2 aromatic rings. The van der Waals surface area contributed by atoms with Crippen molar-refractivity contribution in [1.82, 2.24) is 0 Å². The van der Waals surface area contributed by atoms with Crippen LogP contribution in [0.2, 0.25) is 0 Å². The fraction of sp³-hybridized carbons (Fsp3) is 0.381. The highest BCUT2D eigenvalue weighted by molar-refractivity contribution is 6.06. The van der Waals surface area contributed by atoms with Crippen molar-refractivity contribution in [2.75, 3.05) is 12.0 Å². The van der Waals surface area contributed by atoms with Crippen LogP contribution < -0.4 is 9.64 Å². The van der Waals surface area contributed by atoms with Crippen molar-refractivity contribution >= 4 is 11.6 Å². The fourth-order valence-corrected chi connectivity index (χ4v) is 3.08. The second-order valence-corrected chi connectivity index (χ2v) is 6.75. The Hall–Kier alpha value is -2.29. The molecule has 3 rings (SSSR count). The molecule has 0 N–H and O–H groups in total. The van der Waals surface area contributed by atoms with Gasteiger partial charge in [0.1, 0.15) is 5.75 Å².